The first-order valence-electron chi connectivity index (χ1n) is 10.6. The molecular weight excluding hydrogens is 528 g/mol. The van der Waals surface area contributed by atoms with Crippen molar-refractivity contribution in [1.29, 1.82) is 0 Å². The summed E-state index contributed by atoms with van der Waals surface area (Å²) in [5, 5.41) is 9.78. The molecule has 3 nitrogen and oxygen atoms in total. The lowest BCUT2D eigenvalue weighted by Crippen LogP contribution is -2.48. The second kappa shape index (κ2) is 7.46. The van der Waals surface area contributed by atoms with E-state index >= 15 is 0 Å². The predicted octanol–water partition coefficient (Wildman–Crippen LogP) is 7.78. The Balaban J connectivity index is 1.49. The van der Waals surface area contributed by atoms with Gasteiger partial charge in [-0.3, -0.25) is 0 Å². The Kier molecular flexibility index (Phi) is 4.67. The first-order chi connectivity index (χ1) is 15.5. The summed E-state index contributed by atoms with van der Waals surface area (Å²) in [6, 6.07) is 29.7. The van der Waals surface area contributed by atoms with Gasteiger partial charge >= 0.3 is 0 Å². The van der Waals surface area contributed by atoms with E-state index in [9.17, 15) is 0 Å². The topological polar surface area (TPSA) is 24.8 Å². The molecule has 0 saturated heterocycles. The molecule has 0 aromatic heterocycles. The van der Waals surface area contributed by atoms with Crippen molar-refractivity contribution < 1.29 is 4.74 Å². The van der Waals surface area contributed by atoms with E-state index < -0.39 is 5.72 Å². The molecule has 2 aliphatic rings. The molecule has 0 aliphatic carbocycles. The molecule has 2 heterocycles. The largest absolute Gasteiger partial charge is 0.462 e. The third-order valence-corrected chi connectivity index (χ3v) is 7.47. The zero-order valence-electron chi connectivity index (χ0n) is 17.4. The molecule has 0 spiro atoms. The van der Waals surface area contributed by atoms with Crippen molar-refractivity contribution in [1.82, 2.24) is 5.01 Å². The third kappa shape index (κ3) is 3.18. The van der Waals surface area contributed by atoms with E-state index in [4.69, 9.17) is 9.84 Å². The normalized spacial score (nSPS) is 21.7. The number of hydrogen-bond acceptors (Lipinski definition) is 3. The van der Waals surface area contributed by atoms with Crippen molar-refractivity contribution in [3.8, 4) is 5.75 Å². The van der Waals surface area contributed by atoms with Crippen LogP contribution in [0.5, 0.6) is 5.75 Å². The Hall–Kier alpha value is -2.63. The van der Waals surface area contributed by atoms with Crippen LogP contribution in [-0.4, -0.2) is 10.7 Å². The standard InChI is InChI=1S/C27H20Br2N2O/c1-27(20-8-10-21(28)11-9-20)31-25(23-15-22(29)12-13-26(23)32-27)16-24(30-31)19-7-6-17-4-2-3-5-18(17)14-19/h2-15,25H,16H2,1H3/t25-,27+/m0/s1. The minimum absolute atomic E-state index is 0.103. The molecule has 0 unspecified atom stereocenters. The predicted molar refractivity (Wildman–Crippen MR) is 136 cm³/mol. The third-order valence-electron chi connectivity index (χ3n) is 6.45. The number of nitrogens with zero attached hydrogens (tertiary/aromatic N) is 2. The Morgan fingerprint density at radius 3 is 2.44 bits per heavy atom. The number of halogens is 2. The van der Waals surface area contributed by atoms with E-state index in [0.29, 0.717) is 0 Å². The Labute approximate surface area is 204 Å². The molecule has 158 valence electrons. The molecule has 2 atom stereocenters. The lowest BCUT2D eigenvalue weighted by atomic mass is 9.92. The maximum absolute atomic E-state index is 6.65. The van der Waals surface area contributed by atoms with Crippen molar-refractivity contribution in [2.45, 2.75) is 25.1 Å². The second-order valence-electron chi connectivity index (χ2n) is 8.45. The van der Waals surface area contributed by atoms with Crippen molar-refractivity contribution in [2.24, 2.45) is 5.10 Å². The van der Waals surface area contributed by atoms with Crippen molar-refractivity contribution in [2.75, 3.05) is 0 Å². The van der Waals surface area contributed by atoms with Gasteiger partial charge in [0.1, 0.15) is 5.75 Å². The van der Waals surface area contributed by atoms with E-state index in [1.54, 1.807) is 0 Å². The maximum atomic E-state index is 6.65. The van der Waals surface area contributed by atoms with Gasteiger partial charge < -0.3 is 4.74 Å². The number of hydrazone groups is 1. The summed E-state index contributed by atoms with van der Waals surface area (Å²) in [4.78, 5) is 0. The monoisotopic (exact) mass is 546 g/mol. The van der Waals surface area contributed by atoms with E-state index in [1.165, 1.54) is 10.8 Å². The summed E-state index contributed by atoms with van der Waals surface area (Å²) in [5.41, 5.74) is 3.77. The average Bonchev–Trinajstić information content (AvgIpc) is 3.27. The van der Waals surface area contributed by atoms with Gasteiger partial charge in [-0.25, -0.2) is 5.01 Å². The maximum Gasteiger partial charge on any atom is 0.221 e. The highest BCUT2D eigenvalue weighted by Crippen LogP contribution is 2.51. The van der Waals surface area contributed by atoms with E-state index in [-0.39, 0.29) is 6.04 Å². The summed E-state index contributed by atoms with van der Waals surface area (Å²) in [6.07, 6.45) is 0.831. The van der Waals surface area contributed by atoms with Gasteiger partial charge in [-0.05, 0) is 52.7 Å². The van der Waals surface area contributed by atoms with Crippen LogP contribution in [0.25, 0.3) is 10.8 Å². The van der Waals surface area contributed by atoms with Gasteiger partial charge in [0.15, 0.2) is 0 Å². The molecule has 2 aliphatic heterocycles. The number of hydrogen-bond donors (Lipinski definition) is 0. The van der Waals surface area contributed by atoms with E-state index in [1.807, 2.05) is 6.07 Å². The van der Waals surface area contributed by atoms with Crippen LogP contribution >= 0.6 is 31.9 Å². The molecule has 0 saturated carbocycles. The molecular formula is C27H20Br2N2O. The van der Waals surface area contributed by atoms with Gasteiger partial charge in [-0.15, -0.1) is 0 Å². The summed E-state index contributed by atoms with van der Waals surface area (Å²) in [7, 11) is 0. The van der Waals surface area contributed by atoms with Gasteiger partial charge in [0.05, 0.1) is 11.8 Å². The van der Waals surface area contributed by atoms with E-state index in [2.05, 4.69) is 123 Å². The zero-order valence-corrected chi connectivity index (χ0v) is 20.6. The highest BCUT2D eigenvalue weighted by molar-refractivity contribution is 9.10. The summed E-state index contributed by atoms with van der Waals surface area (Å²) < 4.78 is 8.74. The highest BCUT2D eigenvalue weighted by Gasteiger charge is 2.48. The summed E-state index contributed by atoms with van der Waals surface area (Å²) >= 11 is 7.19. The fraction of sp³-hybridized carbons (Fsp3) is 0.148. The molecule has 4 aromatic rings. The fourth-order valence-electron chi connectivity index (χ4n) is 4.77. The highest BCUT2D eigenvalue weighted by atomic mass is 79.9. The Morgan fingerprint density at radius 1 is 0.875 bits per heavy atom. The molecule has 0 N–H and O–H groups in total. The first kappa shape index (κ1) is 20.0. The second-order valence-corrected chi connectivity index (χ2v) is 10.3. The molecule has 0 fully saturated rings. The molecule has 0 bridgehead atoms. The van der Waals surface area contributed by atoms with Crippen LogP contribution in [0.3, 0.4) is 0 Å². The van der Waals surface area contributed by atoms with Gasteiger partial charge in [0.25, 0.3) is 0 Å². The molecule has 6 rings (SSSR count). The number of rotatable bonds is 2. The SMILES string of the molecule is C[C@]1(c2ccc(Br)cc2)Oc2ccc(Br)cc2[C@@H]2CC(c3ccc4ccccc4c3)=NN21. The van der Waals surface area contributed by atoms with Crippen LogP contribution < -0.4 is 4.74 Å². The molecule has 0 amide bonds. The lowest BCUT2D eigenvalue weighted by Gasteiger charge is -2.46. The lowest BCUT2D eigenvalue weighted by molar-refractivity contribution is -0.112. The van der Waals surface area contributed by atoms with Crippen LogP contribution in [-0.2, 0) is 5.72 Å². The minimum atomic E-state index is -0.704. The van der Waals surface area contributed by atoms with Crippen molar-refractivity contribution in [3.63, 3.8) is 0 Å². The van der Waals surface area contributed by atoms with Gasteiger partial charge in [0.2, 0.25) is 5.72 Å². The zero-order chi connectivity index (χ0) is 21.9. The summed E-state index contributed by atoms with van der Waals surface area (Å²) in [6.45, 7) is 2.11. The van der Waals surface area contributed by atoms with Gasteiger partial charge in [-0.1, -0.05) is 80.4 Å². The van der Waals surface area contributed by atoms with Crippen LogP contribution in [0, 0.1) is 0 Å². The van der Waals surface area contributed by atoms with Crippen LogP contribution in [0.4, 0.5) is 0 Å². The summed E-state index contributed by atoms with van der Waals surface area (Å²) in [5.74, 6) is 0.912. The molecule has 5 heteroatoms. The smallest absolute Gasteiger partial charge is 0.221 e. The average molecular weight is 548 g/mol. The molecule has 0 radical (unpaired) electrons. The Morgan fingerprint density at radius 2 is 1.62 bits per heavy atom. The van der Waals surface area contributed by atoms with Crippen molar-refractivity contribution >= 4 is 48.3 Å². The van der Waals surface area contributed by atoms with Gasteiger partial charge in [0, 0.05) is 33.4 Å². The number of fused-ring (bicyclic) bond motifs is 4. The van der Waals surface area contributed by atoms with Crippen molar-refractivity contribution in [3.05, 3.63) is 111 Å². The molecule has 4 aromatic carbocycles. The number of ether oxygens (including phenoxy) is 1. The quantitative estimate of drug-likeness (QED) is 0.256. The fourth-order valence-corrected chi connectivity index (χ4v) is 5.42. The first-order valence-corrected chi connectivity index (χ1v) is 12.2. The van der Waals surface area contributed by atoms with E-state index in [0.717, 1.165) is 43.5 Å². The number of benzene rings is 4. The van der Waals surface area contributed by atoms with Crippen LogP contribution in [0.15, 0.2) is 99.0 Å². The Bertz CT molecular complexity index is 1380. The van der Waals surface area contributed by atoms with Gasteiger partial charge in [-0.2, -0.15) is 5.10 Å². The van der Waals surface area contributed by atoms with Crippen LogP contribution in [0.1, 0.15) is 36.1 Å². The molecule has 32 heavy (non-hydrogen) atoms. The minimum Gasteiger partial charge on any atom is -0.462 e. The van der Waals surface area contributed by atoms with Crippen LogP contribution in [0.2, 0.25) is 0 Å².